The minimum absolute atomic E-state index is 0.0849. The number of imidazole rings is 1. The minimum Gasteiger partial charge on any atom is -0.337 e. The van der Waals surface area contributed by atoms with Gasteiger partial charge in [0.25, 0.3) is 0 Å². The van der Waals surface area contributed by atoms with Gasteiger partial charge in [-0.25, -0.2) is 4.98 Å². The van der Waals surface area contributed by atoms with Crippen molar-refractivity contribution in [1.29, 1.82) is 0 Å². The van der Waals surface area contributed by atoms with E-state index in [-0.39, 0.29) is 11.8 Å². The van der Waals surface area contributed by atoms with E-state index in [0.717, 1.165) is 19.5 Å². The molecule has 1 unspecified atom stereocenters. The molecule has 1 aromatic carbocycles. The number of nitrogens with zero attached hydrogens (tertiary/aromatic N) is 2. The predicted octanol–water partition coefficient (Wildman–Crippen LogP) is 1.80. The van der Waals surface area contributed by atoms with Gasteiger partial charge in [0, 0.05) is 19.3 Å². The number of fused-ring (bicyclic) bond motifs is 1. The number of rotatable bonds is 3. The fourth-order valence-corrected chi connectivity index (χ4v) is 2.48. The number of carbonyl (C=O) groups excluding carboxylic acids is 1. The zero-order chi connectivity index (χ0) is 13.2. The van der Waals surface area contributed by atoms with Gasteiger partial charge < -0.3 is 9.88 Å². The van der Waals surface area contributed by atoms with Crippen molar-refractivity contribution in [3.63, 3.8) is 0 Å². The maximum absolute atomic E-state index is 12.4. The molecule has 0 amide bonds. The predicted molar refractivity (Wildman–Crippen MR) is 73.0 cm³/mol. The summed E-state index contributed by atoms with van der Waals surface area (Å²) in [5, 5.41) is 3.30. The van der Waals surface area contributed by atoms with Crippen molar-refractivity contribution in [2.75, 3.05) is 0 Å². The number of carbonyl (C=O) groups is 1. The van der Waals surface area contributed by atoms with Gasteiger partial charge in [0.1, 0.15) is 5.69 Å². The molecule has 1 N–H and O–H groups in total. The summed E-state index contributed by atoms with van der Waals surface area (Å²) in [5.74, 6) is 0.0849. The summed E-state index contributed by atoms with van der Waals surface area (Å²) in [6.45, 7) is 3.62. The van der Waals surface area contributed by atoms with E-state index < -0.39 is 0 Å². The molecule has 19 heavy (non-hydrogen) atoms. The standard InChI is InChI=1S/C15H17N3O/c1-2-18-9-14(17-10-18)15(19)13-7-11-5-3-4-6-12(11)8-16-13/h3-6,9-10,13,16H,2,7-8H2,1H3. The number of ketones is 1. The molecule has 0 spiro atoms. The first-order valence-corrected chi connectivity index (χ1v) is 6.64. The Balaban J connectivity index is 1.79. The molecule has 1 aromatic heterocycles. The van der Waals surface area contributed by atoms with E-state index in [1.54, 1.807) is 6.33 Å². The highest BCUT2D eigenvalue weighted by atomic mass is 16.1. The van der Waals surface area contributed by atoms with Crippen molar-refractivity contribution in [3.05, 3.63) is 53.6 Å². The lowest BCUT2D eigenvalue weighted by Gasteiger charge is -2.24. The van der Waals surface area contributed by atoms with Gasteiger partial charge in [-0.1, -0.05) is 24.3 Å². The highest BCUT2D eigenvalue weighted by Crippen LogP contribution is 2.18. The van der Waals surface area contributed by atoms with Crippen LogP contribution in [-0.2, 0) is 19.5 Å². The van der Waals surface area contributed by atoms with Crippen LogP contribution in [-0.4, -0.2) is 21.4 Å². The lowest BCUT2D eigenvalue weighted by atomic mass is 9.93. The number of aryl methyl sites for hydroxylation is 1. The summed E-state index contributed by atoms with van der Waals surface area (Å²) >= 11 is 0. The molecular formula is C15H17N3O. The summed E-state index contributed by atoms with van der Waals surface area (Å²) < 4.78 is 1.92. The zero-order valence-electron chi connectivity index (χ0n) is 11.0. The third-order valence-electron chi connectivity index (χ3n) is 3.65. The summed E-state index contributed by atoms with van der Waals surface area (Å²) in [7, 11) is 0. The van der Waals surface area contributed by atoms with Gasteiger partial charge in [-0.15, -0.1) is 0 Å². The topological polar surface area (TPSA) is 46.9 Å². The van der Waals surface area contributed by atoms with Gasteiger partial charge >= 0.3 is 0 Å². The molecule has 1 aliphatic rings. The Kier molecular flexibility index (Phi) is 3.17. The lowest BCUT2D eigenvalue weighted by Crippen LogP contribution is -2.41. The van der Waals surface area contributed by atoms with Crippen molar-refractivity contribution in [3.8, 4) is 0 Å². The normalized spacial score (nSPS) is 18.1. The third kappa shape index (κ3) is 2.31. The van der Waals surface area contributed by atoms with Crippen molar-refractivity contribution >= 4 is 5.78 Å². The Bertz CT molecular complexity index is 603. The smallest absolute Gasteiger partial charge is 0.199 e. The Morgan fingerprint density at radius 3 is 2.95 bits per heavy atom. The molecule has 1 atom stereocenters. The quantitative estimate of drug-likeness (QED) is 0.851. The third-order valence-corrected chi connectivity index (χ3v) is 3.65. The highest BCUT2D eigenvalue weighted by Gasteiger charge is 2.26. The second kappa shape index (κ2) is 4.97. The molecule has 0 fully saturated rings. The van der Waals surface area contributed by atoms with Crippen LogP contribution in [0, 0.1) is 0 Å². The van der Waals surface area contributed by atoms with E-state index in [1.165, 1.54) is 11.1 Å². The molecular weight excluding hydrogens is 238 g/mol. The van der Waals surface area contributed by atoms with Crippen LogP contribution in [0.4, 0.5) is 0 Å². The Morgan fingerprint density at radius 1 is 1.42 bits per heavy atom. The van der Waals surface area contributed by atoms with Crippen LogP contribution in [0.2, 0.25) is 0 Å². The molecule has 3 rings (SSSR count). The monoisotopic (exact) mass is 255 g/mol. The molecule has 98 valence electrons. The van der Waals surface area contributed by atoms with Gasteiger partial charge in [-0.05, 0) is 24.5 Å². The van der Waals surface area contributed by atoms with E-state index in [0.29, 0.717) is 5.69 Å². The minimum atomic E-state index is -0.157. The molecule has 0 saturated carbocycles. The molecule has 0 saturated heterocycles. The van der Waals surface area contributed by atoms with Crippen molar-refractivity contribution in [2.45, 2.75) is 32.5 Å². The molecule has 2 heterocycles. The van der Waals surface area contributed by atoms with Crippen LogP contribution in [0.3, 0.4) is 0 Å². The average Bonchev–Trinajstić information content (AvgIpc) is 2.95. The van der Waals surface area contributed by atoms with Crippen molar-refractivity contribution in [2.24, 2.45) is 0 Å². The van der Waals surface area contributed by atoms with Gasteiger partial charge in [-0.3, -0.25) is 4.79 Å². The maximum atomic E-state index is 12.4. The highest BCUT2D eigenvalue weighted by molar-refractivity contribution is 5.98. The fourth-order valence-electron chi connectivity index (χ4n) is 2.48. The molecule has 0 aliphatic carbocycles. The molecule has 0 bridgehead atoms. The molecule has 4 heteroatoms. The van der Waals surface area contributed by atoms with Crippen molar-refractivity contribution < 1.29 is 4.79 Å². The second-order valence-corrected chi connectivity index (χ2v) is 4.86. The number of aromatic nitrogens is 2. The van der Waals surface area contributed by atoms with Crippen LogP contribution in [0.5, 0.6) is 0 Å². The van der Waals surface area contributed by atoms with E-state index in [4.69, 9.17) is 0 Å². The van der Waals surface area contributed by atoms with Crippen molar-refractivity contribution in [1.82, 2.24) is 14.9 Å². The summed E-state index contributed by atoms with van der Waals surface area (Å²) in [6, 6.07) is 8.11. The maximum Gasteiger partial charge on any atom is 0.199 e. The number of benzene rings is 1. The zero-order valence-corrected chi connectivity index (χ0v) is 11.0. The van der Waals surface area contributed by atoms with E-state index >= 15 is 0 Å². The SMILES string of the molecule is CCn1cnc(C(=O)C2Cc3ccccc3CN2)c1. The Morgan fingerprint density at radius 2 is 2.21 bits per heavy atom. The van der Waals surface area contributed by atoms with Gasteiger partial charge in [0.2, 0.25) is 0 Å². The Hall–Kier alpha value is -1.94. The molecule has 1 aliphatic heterocycles. The fraction of sp³-hybridized carbons (Fsp3) is 0.333. The number of hydrogen-bond acceptors (Lipinski definition) is 3. The first kappa shape index (κ1) is 12.1. The number of nitrogens with one attached hydrogen (secondary N) is 1. The van der Waals surface area contributed by atoms with Gasteiger partial charge in [-0.2, -0.15) is 0 Å². The number of Topliss-reactive ketones (excluding diaryl/α,β-unsaturated/α-hetero) is 1. The average molecular weight is 255 g/mol. The van der Waals surface area contributed by atoms with Crippen LogP contribution < -0.4 is 5.32 Å². The lowest BCUT2D eigenvalue weighted by molar-refractivity contribution is 0.0933. The second-order valence-electron chi connectivity index (χ2n) is 4.86. The van der Waals surface area contributed by atoms with E-state index in [2.05, 4.69) is 22.4 Å². The molecule has 4 nitrogen and oxygen atoms in total. The summed E-state index contributed by atoms with van der Waals surface area (Å²) in [5.41, 5.74) is 3.10. The van der Waals surface area contributed by atoms with E-state index in [9.17, 15) is 4.79 Å². The van der Waals surface area contributed by atoms with Crippen LogP contribution in [0.1, 0.15) is 28.5 Å². The Labute approximate surface area is 112 Å². The summed E-state index contributed by atoms with van der Waals surface area (Å²) in [6.07, 6.45) is 4.28. The number of hydrogen-bond donors (Lipinski definition) is 1. The first-order chi connectivity index (χ1) is 9.28. The van der Waals surface area contributed by atoms with Gasteiger partial charge in [0.15, 0.2) is 5.78 Å². The van der Waals surface area contributed by atoms with Crippen LogP contribution in [0.15, 0.2) is 36.8 Å². The van der Waals surface area contributed by atoms with Crippen LogP contribution >= 0.6 is 0 Å². The van der Waals surface area contributed by atoms with Crippen LogP contribution in [0.25, 0.3) is 0 Å². The summed E-state index contributed by atoms with van der Waals surface area (Å²) in [4.78, 5) is 16.6. The molecule has 0 radical (unpaired) electrons. The largest absolute Gasteiger partial charge is 0.337 e. The van der Waals surface area contributed by atoms with E-state index in [1.807, 2.05) is 29.8 Å². The molecule has 2 aromatic rings. The first-order valence-electron chi connectivity index (χ1n) is 6.64. The van der Waals surface area contributed by atoms with Gasteiger partial charge in [0.05, 0.1) is 12.4 Å².